The standard InChI is InChI=1S/C16H17NO3S2/c1-3-17-15(18)11(2)20-16(19)13(14-7-5-9-22-14)10-12-6-4-8-21-12/h4-11H,3H2,1-2H3,(H,17,18)/b13-10+/t11-/m0/s1. The van der Waals surface area contributed by atoms with Crippen molar-refractivity contribution in [1.29, 1.82) is 0 Å². The van der Waals surface area contributed by atoms with E-state index in [1.807, 2.05) is 41.9 Å². The van der Waals surface area contributed by atoms with Crippen LogP contribution < -0.4 is 5.32 Å². The third kappa shape index (κ3) is 4.29. The maximum absolute atomic E-state index is 12.4. The number of nitrogens with one attached hydrogen (secondary N) is 1. The number of hydrogen-bond acceptors (Lipinski definition) is 5. The topological polar surface area (TPSA) is 55.4 Å². The first kappa shape index (κ1) is 16.5. The van der Waals surface area contributed by atoms with Crippen LogP contribution in [-0.2, 0) is 14.3 Å². The summed E-state index contributed by atoms with van der Waals surface area (Å²) in [5.41, 5.74) is 0.466. The molecule has 116 valence electrons. The summed E-state index contributed by atoms with van der Waals surface area (Å²) in [5, 5.41) is 6.48. The molecule has 0 aromatic carbocycles. The molecule has 6 heteroatoms. The lowest BCUT2D eigenvalue weighted by molar-refractivity contribution is -0.149. The van der Waals surface area contributed by atoms with Crippen LogP contribution in [0.5, 0.6) is 0 Å². The smallest absolute Gasteiger partial charge is 0.340 e. The van der Waals surface area contributed by atoms with Gasteiger partial charge in [-0.05, 0) is 42.8 Å². The van der Waals surface area contributed by atoms with Crippen molar-refractivity contribution in [2.45, 2.75) is 20.0 Å². The van der Waals surface area contributed by atoms with E-state index in [4.69, 9.17) is 4.74 Å². The normalized spacial score (nSPS) is 12.7. The van der Waals surface area contributed by atoms with Gasteiger partial charge < -0.3 is 10.1 Å². The number of thiophene rings is 2. The molecule has 2 heterocycles. The van der Waals surface area contributed by atoms with Crippen molar-refractivity contribution in [3.05, 3.63) is 44.8 Å². The lowest BCUT2D eigenvalue weighted by Gasteiger charge is -2.13. The number of rotatable bonds is 6. The summed E-state index contributed by atoms with van der Waals surface area (Å²) >= 11 is 3.00. The van der Waals surface area contributed by atoms with Crippen LogP contribution >= 0.6 is 22.7 Å². The monoisotopic (exact) mass is 335 g/mol. The summed E-state index contributed by atoms with van der Waals surface area (Å²) in [4.78, 5) is 25.9. The number of ether oxygens (including phenoxy) is 1. The van der Waals surface area contributed by atoms with E-state index < -0.39 is 12.1 Å². The average Bonchev–Trinajstić information content (AvgIpc) is 3.18. The molecule has 0 aliphatic carbocycles. The molecule has 0 spiro atoms. The molecular weight excluding hydrogens is 318 g/mol. The van der Waals surface area contributed by atoms with Crippen LogP contribution in [0.15, 0.2) is 35.0 Å². The largest absolute Gasteiger partial charge is 0.449 e. The van der Waals surface area contributed by atoms with Crippen LogP contribution in [0.2, 0.25) is 0 Å². The van der Waals surface area contributed by atoms with E-state index in [2.05, 4.69) is 5.32 Å². The molecule has 0 saturated heterocycles. The van der Waals surface area contributed by atoms with Crippen molar-refractivity contribution in [2.24, 2.45) is 0 Å². The van der Waals surface area contributed by atoms with E-state index in [9.17, 15) is 9.59 Å². The van der Waals surface area contributed by atoms with Crippen molar-refractivity contribution in [3.8, 4) is 0 Å². The highest BCUT2D eigenvalue weighted by atomic mass is 32.1. The van der Waals surface area contributed by atoms with Gasteiger partial charge in [-0.3, -0.25) is 4.79 Å². The van der Waals surface area contributed by atoms with Gasteiger partial charge in [0.2, 0.25) is 0 Å². The molecule has 0 aliphatic heterocycles. The lowest BCUT2D eigenvalue weighted by atomic mass is 10.2. The number of carbonyl (C=O) groups is 2. The molecule has 0 unspecified atom stereocenters. The van der Waals surface area contributed by atoms with Crippen molar-refractivity contribution in [2.75, 3.05) is 6.54 Å². The predicted molar refractivity (Wildman–Crippen MR) is 90.7 cm³/mol. The third-order valence-corrected chi connectivity index (χ3v) is 4.56. The fourth-order valence-electron chi connectivity index (χ4n) is 1.77. The van der Waals surface area contributed by atoms with Gasteiger partial charge in [0.05, 0.1) is 5.57 Å². The minimum atomic E-state index is -0.820. The molecule has 1 atom stereocenters. The summed E-state index contributed by atoms with van der Waals surface area (Å²) in [6.45, 7) is 3.89. The van der Waals surface area contributed by atoms with E-state index in [1.54, 1.807) is 24.3 Å². The Bertz CT molecular complexity index is 645. The number of esters is 1. The molecule has 0 radical (unpaired) electrons. The minimum Gasteiger partial charge on any atom is -0.449 e. The lowest BCUT2D eigenvalue weighted by Crippen LogP contribution is -2.35. The number of hydrogen-bond donors (Lipinski definition) is 1. The second kappa shape index (κ2) is 7.91. The van der Waals surface area contributed by atoms with Gasteiger partial charge in [-0.15, -0.1) is 22.7 Å². The van der Waals surface area contributed by atoms with Gasteiger partial charge in [0.1, 0.15) is 0 Å². The zero-order valence-corrected chi connectivity index (χ0v) is 14.0. The highest BCUT2D eigenvalue weighted by Crippen LogP contribution is 2.26. The van der Waals surface area contributed by atoms with E-state index in [0.29, 0.717) is 12.1 Å². The first-order chi connectivity index (χ1) is 10.6. The van der Waals surface area contributed by atoms with Crippen LogP contribution in [0.25, 0.3) is 11.6 Å². The first-order valence-electron chi connectivity index (χ1n) is 6.89. The van der Waals surface area contributed by atoms with Crippen molar-refractivity contribution >= 4 is 46.2 Å². The molecule has 2 aromatic heterocycles. The van der Waals surface area contributed by atoms with Crippen molar-refractivity contribution in [3.63, 3.8) is 0 Å². The highest BCUT2D eigenvalue weighted by Gasteiger charge is 2.21. The van der Waals surface area contributed by atoms with Gasteiger partial charge in [0, 0.05) is 16.3 Å². The minimum absolute atomic E-state index is 0.294. The first-order valence-corrected chi connectivity index (χ1v) is 8.65. The Labute approximate surface area is 137 Å². The molecule has 1 amide bonds. The molecule has 0 fully saturated rings. The maximum atomic E-state index is 12.4. The summed E-state index contributed by atoms with van der Waals surface area (Å²) in [6, 6.07) is 7.59. The van der Waals surface area contributed by atoms with Crippen LogP contribution in [-0.4, -0.2) is 24.5 Å². The molecule has 0 aliphatic rings. The van der Waals surface area contributed by atoms with Crippen molar-refractivity contribution in [1.82, 2.24) is 5.32 Å². The molecule has 4 nitrogen and oxygen atoms in total. The number of amides is 1. The Kier molecular flexibility index (Phi) is 5.91. The molecule has 0 saturated carbocycles. The third-order valence-electron chi connectivity index (χ3n) is 2.84. The Morgan fingerprint density at radius 1 is 1.27 bits per heavy atom. The molecular formula is C16H17NO3S2. The summed E-state index contributed by atoms with van der Waals surface area (Å²) < 4.78 is 5.29. The van der Waals surface area contributed by atoms with Gasteiger partial charge in [-0.2, -0.15) is 0 Å². The molecule has 1 N–H and O–H groups in total. The van der Waals surface area contributed by atoms with E-state index >= 15 is 0 Å². The quantitative estimate of drug-likeness (QED) is 0.650. The second-order valence-electron chi connectivity index (χ2n) is 4.49. The fraction of sp³-hybridized carbons (Fsp3) is 0.250. The van der Waals surface area contributed by atoms with Crippen LogP contribution in [0.3, 0.4) is 0 Å². The van der Waals surface area contributed by atoms with Gasteiger partial charge in [0.15, 0.2) is 6.10 Å². The van der Waals surface area contributed by atoms with Crippen LogP contribution in [0.4, 0.5) is 0 Å². The molecule has 2 aromatic rings. The number of likely N-dealkylation sites (N-methyl/N-ethyl adjacent to an activating group) is 1. The Hall–Kier alpha value is -1.92. The summed E-state index contributed by atoms with van der Waals surface area (Å²) in [5.74, 6) is -0.785. The summed E-state index contributed by atoms with van der Waals surface area (Å²) in [6.07, 6.45) is 0.975. The van der Waals surface area contributed by atoms with E-state index in [-0.39, 0.29) is 5.91 Å². The SMILES string of the molecule is CCNC(=O)[C@H](C)OC(=O)/C(=C/c1cccs1)c1cccs1. The van der Waals surface area contributed by atoms with Gasteiger partial charge in [0.25, 0.3) is 5.91 Å². The van der Waals surface area contributed by atoms with E-state index in [1.165, 1.54) is 11.3 Å². The zero-order valence-electron chi connectivity index (χ0n) is 12.4. The van der Waals surface area contributed by atoms with E-state index in [0.717, 1.165) is 9.75 Å². The molecule has 2 rings (SSSR count). The Morgan fingerprint density at radius 3 is 2.59 bits per heavy atom. The second-order valence-corrected chi connectivity index (χ2v) is 6.42. The van der Waals surface area contributed by atoms with Crippen LogP contribution in [0.1, 0.15) is 23.6 Å². The molecule has 22 heavy (non-hydrogen) atoms. The van der Waals surface area contributed by atoms with Crippen molar-refractivity contribution < 1.29 is 14.3 Å². The summed E-state index contributed by atoms with van der Waals surface area (Å²) in [7, 11) is 0. The van der Waals surface area contributed by atoms with Crippen LogP contribution in [0, 0.1) is 0 Å². The fourth-order valence-corrected chi connectivity index (χ4v) is 3.16. The molecule has 0 bridgehead atoms. The Morgan fingerprint density at radius 2 is 2.00 bits per heavy atom. The van der Waals surface area contributed by atoms with Gasteiger partial charge in [-0.25, -0.2) is 4.79 Å². The highest BCUT2D eigenvalue weighted by molar-refractivity contribution is 7.12. The number of carbonyl (C=O) groups excluding carboxylic acids is 2. The Balaban J connectivity index is 2.19. The van der Waals surface area contributed by atoms with Gasteiger partial charge >= 0.3 is 5.97 Å². The van der Waals surface area contributed by atoms with Gasteiger partial charge in [-0.1, -0.05) is 12.1 Å². The maximum Gasteiger partial charge on any atom is 0.340 e. The zero-order chi connectivity index (χ0) is 15.9. The average molecular weight is 335 g/mol. The predicted octanol–water partition coefficient (Wildman–Crippen LogP) is 3.42.